The van der Waals surface area contributed by atoms with Crippen LogP contribution in [0.3, 0.4) is 0 Å². The molecule has 3 aromatic rings. The van der Waals surface area contributed by atoms with Gasteiger partial charge in [0.2, 0.25) is 10.8 Å². The zero-order chi connectivity index (χ0) is 21.8. The van der Waals surface area contributed by atoms with Crippen LogP contribution in [0.1, 0.15) is 16.7 Å². The van der Waals surface area contributed by atoms with Gasteiger partial charge in [0, 0.05) is 16.8 Å². The molecule has 0 aliphatic carbocycles. The molecule has 4 nitrogen and oxygen atoms in total. The monoisotopic (exact) mass is 436 g/mol. The third kappa shape index (κ3) is 2.87. The van der Waals surface area contributed by atoms with Crippen molar-refractivity contribution in [2.45, 2.75) is 18.3 Å². The van der Waals surface area contributed by atoms with Gasteiger partial charge in [-0.15, -0.1) is 11.8 Å². The van der Waals surface area contributed by atoms with E-state index in [4.69, 9.17) is 0 Å². The van der Waals surface area contributed by atoms with E-state index in [1.807, 2.05) is 0 Å². The summed E-state index contributed by atoms with van der Waals surface area (Å²) in [4.78, 5) is 28.4. The van der Waals surface area contributed by atoms with Crippen molar-refractivity contribution in [3.63, 3.8) is 0 Å². The van der Waals surface area contributed by atoms with Crippen molar-refractivity contribution in [2.75, 3.05) is 15.6 Å². The van der Waals surface area contributed by atoms with E-state index in [2.05, 4.69) is 0 Å². The Kier molecular flexibility index (Phi) is 4.59. The van der Waals surface area contributed by atoms with E-state index in [1.54, 1.807) is 61.5 Å². The van der Waals surface area contributed by atoms with Crippen LogP contribution in [-0.2, 0) is 21.0 Å². The second-order valence-corrected chi connectivity index (χ2v) is 8.76. The van der Waals surface area contributed by atoms with Crippen LogP contribution in [0.25, 0.3) is 0 Å². The maximum absolute atomic E-state index is 14.4. The summed E-state index contributed by atoms with van der Waals surface area (Å²) in [5.41, 5.74) is 2.43. The molecule has 2 aliphatic rings. The molecule has 0 saturated carbocycles. The second-order valence-electron chi connectivity index (χ2n) is 7.60. The zero-order valence-corrected chi connectivity index (χ0v) is 17.5. The van der Waals surface area contributed by atoms with Crippen molar-refractivity contribution in [1.29, 1.82) is 0 Å². The average Bonchev–Trinajstić information content (AvgIpc) is 3.23. The van der Waals surface area contributed by atoms with E-state index in [0.717, 1.165) is 0 Å². The number of carbonyl (C=O) groups is 2. The number of carbonyl (C=O) groups excluding carboxylic acids is 2. The Balaban J connectivity index is 1.66. The van der Waals surface area contributed by atoms with Gasteiger partial charge in [0.25, 0.3) is 5.91 Å². The molecular formula is C24H18F2N2O2S. The molecule has 156 valence electrons. The van der Waals surface area contributed by atoms with Crippen LogP contribution in [0, 0.1) is 18.6 Å². The summed E-state index contributed by atoms with van der Waals surface area (Å²) in [6.45, 7) is 1.68. The highest BCUT2D eigenvalue weighted by atomic mass is 32.2. The number of rotatable bonds is 3. The van der Waals surface area contributed by atoms with Gasteiger partial charge < -0.3 is 4.90 Å². The maximum Gasteiger partial charge on any atom is 0.269 e. The van der Waals surface area contributed by atoms with E-state index in [0.29, 0.717) is 28.1 Å². The molecule has 1 fully saturated rings. The molecule has 2 heterocycles. The summed E-state index contributed by atoms with van der Waals surface area (Å²) in [7, 11) is 0. The Morgan fingerprint density at radius 3 is 2.48 bits per heavy atom. The van der Waals surface area contributed by atoms with Crippen molar-refractivity contribution in [3.8, 4) is 0 Å². The first-order valence-corrected chi connectivity index (χ1v) is 10.8. The molecule has 0 N–H and O–H groups in total. The van der Waals surface area contributed by atoms with Gasteiger partial charge >= 0.3 is 0 Å². The molecule has 0 radical (unpaired) electrons. The first kappa shape index (κ1) is 19.8. The number of aryl methyl sites for hydroxylation is 1. The zero-order valence-electron chi connectivity index (χ0n) is 16.6. The summed E-state index contributed by atoms with van der Waals surface area (Å²) in [6.07, 6.45) is 0. The standard InChI is InChI=1S/C24H18F2N2O2S/c1-15-10-11-17(12-20(15)26)28-22(29)14-31-24(28)18-7-3-5-9-21(18)27(23(24)30)13-16-6-2-4-8-19(16)25/h2-12H,13-14H2,1H3/t24-/m1/s1. The number of nitrogens with zero attached hydrogens (tertiary/aromatic N) is 2. The number of hydrogen-bond acceptors (Lipinski definition) is 3. The quantitative estimate of drug-likeness (QED) is 0.595. The number of thioether (sulfide) groups is 1. The lowest BCUT2D eigenvalue weighted by Gasteiger charge is -2.33. The molecule has 31 heavy (non-hydrogen) atoms. The van der Waals surface area contributed by atoms with Gasteiger partial charge in [0.15, 0.2) is 0 Å². The second kappa shape index (κ2) is 7.20. The minimum absolute atomic E-state index is 0.0368. The molecular weight excluding hydrogens is 418 g/mol. The molecule has 7 heteroatoms. The van der Waals surface area contributed by atoms with Crippen molar-refractivity contribution in [3.05, 3.63) is 95.1 Å². The predicted octanol–water partition coefficient (Wildman–Crippen LogP) is 4.75. The molecule has 0 bridgehead atoms. The average molecular weight is 436 g/mol. The van der Waals surface area contributed by atoms with Crippen LogP contribution >= 0.6 is 11.8 Å². The van der Waals surface area contributed by atoms with Crippen LogP contribution in [0.2, 0.25) is 0 Å². The van der Waals surface area contributed by atoms with Gasteiger partial charge in [-0.2, -0.15) is 0 Å². The van der Waals surface area contributed by atoms with E-state index >= 15 is 0 Å². The molecule has 1 atom stereocenters. The van der Waals surface area contributed by atoms with Crippen LogP contribution in [0.4, 0.5) is 20.2 Å². The summed E-state index contributed by atoms with van der Waals surface area (Å²) in [5.74, 6) is -1.37. The first-order valence-electron chi connectivity index (χ1n) is 9.81. The number of para-hydroxylation sites is 1. The van der Waals surface area contributed by atoms with Crippen molar-refractivity contribution in [1.82, 2.24) is 0 Å². The van der Waals surface area contributed by atoms with Crippen molar-refractivity contribution < 1.29 is 18.4 Å². The Hall–Kier alpha value is -3.19. The van der Waals surface area contributed by atoms with Crippen LogP contribution < -0.4 is 9.80 Å². The number of anilines is 2. The van der Waals surface area contributed by atoms with Gasteiger partial charge in [-0.05, 0) is 36.8 Å². The third-order valence-corrected chi connectivity index (χ3v) is 7.15. The number of fused-ring (bicyclic) bond motifs is 2. The van der Waals surface area contributed by atoms with Crippen molar-refractivity contribution >= 4 is 35.0 Å². The van der Waals surface area contributed by atoms with Gasteiger partial charge in [-0.1, -0.05) is 42.5 Å². The van der Waals surface area contributed by atoms with Crippen LogP contribution in [0.15, 0.2) is 66.7 Å². The summed E-state index contributed by atoms with van der Waals surface area (Å²) >= 11 is 1.21. The molecule has 2 amide bonds. The topological polar surface area (TPSA) is 40.6 Å². The maximum atomic E-state index is 14.4. The fraction of sp³-hybridized carbons (Fsp3) is 0.167. The Labute approximate surface area is 182 Å². The van der Waals surface area contributed by atoms with Crippen molar-refractivity contribution in [2.24, 2.45) is 0 Å². The summed E-state index contributed by atoms with van der Waals surface area (Å²) < 4.78 is 28.7. The van der Waals surface area contributed by atoms with Crippen LogP contribution in [-0.4, -0.2) is 17.6 Å². The molecule has 0 aromatic heterocycles. The van der Waals surface area contributed by atoms with Gasteiger partial charge in [0.05, 0.1) is 18.0 Å². The highest BCUT2D eigenvalue weighted by Gasteiger charge is 2.61. The predicted molar refractivity (Wildman–Crippen MR) is 117 cm³/mol. The molecule has 0 unspecified atom stereocenters. The highest BCUT2D eigenvalue weighted by Crippen LogP contribution is 2.56. The number of benzene rings is 3. The third-order valence-electron chi connectivity index (χ3n) is 5.76. The number of halogens is 2. The molecule has 3 aromatic carbocycles. The Morgan fingerprint density at radius 2 is 1.71 bits per heavy atom. The number of hydrogen-bond donors (Lipinski definition) is 0. The van der Waals surface area contributed by atoms with E-state index in [9.17, 15) is 18.4 Å². The largest absolute Gasteiger partial charge is 0.304 e. The summed E-state index contributed by atoms with van der Waals surface area (Å²) in [5, 5.41) is 0. The molecule has 1 saturated heterocycles. The van der Waals surface area contributed by atoms with E-state index in [-0.39, 0.29) is 24.1 Å². The Morgan fingerprint density at radius 1 is 0.968 bits per heavy atom. The number of amides is 2. The lowest BCUT2D eigenvalue weighted by atomic mass is 10.0. The SMILES string of the molecule is Cc1ccc(N2C(=O)CS[C@]23C(=O)N(Cc2ccccc2F)c2ccccc23)cc1F. The van der Waals surface area contributed by atoms with Gasteiger partial charge in [-0.25, -0.2) is 8.78 Å². The minimum Gasteiger partial charge on any atom is -0.304 e. The smallest absolute Gasteiger partial charge is 0.269 e. The van der Waals surface area contributed by atoms with Gasteiger partial charge in [0.1, 0.15) is 11.6 Å². The lowest BCUT2D eigenvalue weighted by Crippen LogP contribution is -2.49. The first-order chi connectivity index (χ1) is 14.9. The summed E-state index contributed by atoms with van der Waals surface area (Å²) in [6, 6.07) is 18.0. The molecule has 1 spiro atoms. The molecule has 2 aliphatic heterocycles. The molecule has 5 rings (SSSR count). The fourth-order valence-electron chi connectivity index (χ4n) is 4.23. The normalized spacial score (nSPS) is 20.1. The fourth-order valence-corrected chi connectivity index (χ4v) is 5.59. The highest BCUT2D eigenvalue weighted by molar-refractivity contribution is 8.02. The Bertz CT molecular complexity index is 1230. The lowest BCUT2D eigenvalue weighted by molar-refractivity contribution is -0.123. The van der Waals surface area contributed by atoms with E-state index < -0.39 is 16.5 Å². The van der Waals surface area contributed by atoms with Crippen LogP contribution in [0.5, 0.6) is 0 Å². The minimum atomic E-state index is -1.35. The van der Waals surface area contributed by atoms with E-state index in [1.165, 1.54) is 33.7 Å². The van der Waals surface area contributed by atoms with Gasteiger partial charge in [-0.3, -0.25) is 14.5 Å².